The number of pyridine rings is 1. The van der Waals surface area contributed by atoms with Crippen molar-refractivity contribution in [1.29, 1.82) is 0 Å². The highest BCUT2D eigenvalue weighted by Gasteiger charge is 2.24. The zero-order chi connectivity index (χ0) is 13.8. The smallest absolute Gasteiger partial charge is 0.308 e. The average molecular weight is 261 g/mol. The first-order valence-electron chi connectivity index (χ1n) is 5.98. The Hall–Kier alpha value is -2.31. The Kier molecular flexibility index (Phi) is 3.84. The molecule has 2 aromatic rings. The van der Waals surface area contributed by atoms with Crippen molar-refractivity contribution in [3.8, 4) is 0 Å². The molecule has 0 aromatic carbocycles. The molecule has 0 aliphatic rings. The molecule has 2 rings (SSSR count). The number of rotatable bonds is 5. The summed E-state index contributed by atoms with van der Waals surface area (Å²) in [5, 5.41) is 20.5. The molecular weight excluding hydrogens is 246 g/mol. The van der Waals surface area contributed by atoms with Gasteiger partial charge in [0.15, 0.2) is 5.82 Å². The lowest BCUT2D eigenvalue weighted by Gasteiger charge is -2.17. The van der Waals surface area contributed by atoms with Crippen LogP contribution < -0.4 is 0 Å². The minimum atomic E-state index is -0.863. The van der Waals surface area contributed by atoms with Crippen molar-refractivity contribution >= 4 is 5.97 Å². The van der Waals surface area contributed by atoms with Gasteiger partial charge in [-0.25, -0.2) is 4.68 Å². The number of nitrogens with zero attached hydrogens (tertiary/aromatic N) is 5. The number of aromatic nitrogens is 5. The molecule has 2 unspecified atom stereocenters. The Balaban J connectivity index is 2.20. The first-order valence-corrected chi connectivity index (χ1v) is 5.98. The van der Waals surface area contributed by atoms with E-state index in [2.05, 4.69) is 20.5 Å². The molecule has 19 heavy (non-hydrogen) atoms. The van der Waals surface area contributed by atoms with Gasteiger partial charge in [0.1, 0.15) is 0 Å². The third-order valence-electron chi connectivity index (χ3n) is 3.17. The predicted octanol–water partition coefficient (Wildman–Crippen LogP) is 0.941. The van der Waals surface area contributed by atoms with Gasteiger partial charge in [-0.3, -0.25) is 9.78 Å². The third kappa shape index (κ3) is 2.93. The second-order valence-electron chi connectivity index (χ2n) is 4.44. The van der Waals surface area contributed by atoms with E-state index in [0.29, 0.717) is 12.2 Å². The van der Waals surface area contributed by atoms with E-state index in [9.17, 15) is 4.79 Å². The van der Waals surface area contributed by atoms with Gasteiger partial charge < -0.3 is 5.11 Å². The second-order valence-corrected chi connectivity index (χ2v) is 4.44. The second kappa shape index (κ2) is 5.55. The molecule has 0 bridgehead atoms. The van der Waals surface area contributed by atoms with Gasteiger partial charge >= 0.3 is 5.97 Å². The summed E-state index contributed by atoms with van der Waals surface area (Å²) in [7, 11) is 0. The number of aliphatic carboxylic acids is 1. The van der Waals surface area contributed by atoms with E-state index in [4.69, 9.17) is 5.11 Å². The summed E-state index contributed by atoms with van der Waals surface area (Å²) in [4.78, 5) is 15.0. The number of carboxylic acid groups (broad SMARTS) is 1. The van der Waals surface area contributed by atoms with Gasteiger partial charge in [0.05, 0.1) is 12.0 Å². The Morgan fingerprint density at radius 3 is 2.68 bits per heavy atom. The molecule has 0 spiro atoms. The van der Waals surface area contributed by atoms with Crippen LogP contribution in [0.25, 0.3) is 0 Å². The molecule has 0 amide bonds. The summed E-state index contributed by atoms with van der Waals surface area (Å²) in [6, 6.07) is 3.46. The summed E-state index contributed by atoms with van der Waals surface area (Å²) in [5.74, 6) is -0.774. The molecular formula is C12H15N5O2. The van der Waals surface area contributed by atoms with E-state index in [1.54, 1.807) is 30.9 Å². The van der Waals surface area contributed by atoms with Crippen LogP contribution in [-0.4, -0.2) is 36.3 Å². The molecule has 0 fully saturated rings. The highest BCUT2D eigenvalue weighted by atomic mass is 16.4. The normalized spacial score (nSPS) is 14.0. The molecule has 0 saturated carbocycles. The standard InChI is InChI=1S/C12H15N5O2/c1-8(12(18)19)9(2)17-11(14-15-16-17)7-10-3-5-13-6-4-10/h3-6,8-9H,7H2,1-2H3,(H,18,19). The van der Waals surface area contributed by atoms with Crippen LogP contribution in [0.1, 0.15) is 31.3 Å². The van der Waals surface area contributed by atoms with Crippen LogP contribution in [0.3, 0.4) is 0 Å². The third-order valence-corrected chi connectivity index (χ3v) is 3.17. The van der Waals surface area contributed by atoms with E-state index in [0.717, 1.165) is 5.56 Å². The summed E-state index contributed by atoms with van der Waals surface area (Å²) in [5.41, 5.74) is 1.03. The highest BCUT2D eigenvalue weighted by molar-refractivity contribution is 5.70. The minimum Gasteiger partial charge on any atom is -0.481 e. The van der Waals surface area contributed by atoms with Crippen LogP contribution in [0.15, 0.2) is 24.5 Å². The molecule has 7 nitrogen and oxygen atoms in total. The number of tetrazole rings is 1. The van der Waals surface area contributed by atoms with Crippen LogP contribution in [0.4, 0.5) is 0 Å². The Bertz CT molecular complexity index is 554. The first-order chi connectivity index (χ1) is 9.09. The first kappa shape index (κ1) is 13.1. The van der Waals surface area contributed by atoms with E-state index in [1.807, 2.05) is 12.1 Å². The van der Waals surface area contributed by atoms with E-state index < -0.39 is 11.9 Å². The maximum absolute atomic E-state index is 11.0. The number of carboxylic acids is 1. The largest absolute Gasteiger partial charge is 0.481 e. The lowest BCUT2D eigenvalue weighted by atomic mass is 10.0. The minimum absolute atomic E-state index is 0.302. The fourth-order valence-corrected chi connectivity index (χ4v) is 1.75. The van der Waals surface area contributed by atoms with Gasteiger partial charge in [0.2, 0.25) is 0 Å². The quantitative estimate of drug-likeness (QED) is 0.860. The summed E-state index contributed by atoms with van der Waals surface area (Å²) in [6.07, 6.45) is 3.95. The molecule has 0 aliphatic carbocycles. The van der Waals surface area contributed by atoms with Crippen LogP contribution >= 0.6 is 0 Å². The van der Waals surface area contributed by atoms with Gasteiger partial charge in [0.25, 0.3) is 0 Å². The van der Waals surface area contributed by atoms with Crippen molar-refractivity contribution in [2.24, 2.45) is 5.92 Å². The van der Waals surface area contributed by atoms with Crippen molar-refractivity contribution < 1.29 is 9.90 Å². The van der Waals surface area contributed by atoms with E-state index in [1.165, 1.54) is 0 Å². The van der Waals surface area contributed by atoms with Crippen molar-refractivity contribution in [2.75, 3.05) is 0 Å². The average Bonchev–Trinajstić information content (AvgIpc) is 2.86. The summed E-state index contributed by atoms with van der Waals surface area (Å²) in [6.45, 7) is 3.44. The monoisotopic (exact) mass is 261 g/mol. The van der Waals surface area contributed by atoms with Crippen LogP contribution in [0.2, 0.25) is 0 Å². The zero-order valence-corrected chi connectivity index (χ0v) is 10.8. The van der Waals surface area contributed by atoms with Crippen LogP contribution in [0.5, 0.6) is 0 Å². The molecule has 0 aliphatic heterocycles. The van der Waals surface area contributed by atoms with E-state index >= 15 is 0 Å². The molecule has 7 heteroatoms. The fourth-order valence-electron chi connectivity index (χ4n) is 1.75. The van der Waals surface area contributed by atoms with Crippen molar-refractivity contribution in [3.63, 3.8) is 0 Å². The van der Waals surface area contributed by atoms with Gasteiger partial charge in [0, 0.05) is 18.8 Å². The molecule has 0 saturated heterocycles. The number of carbonyl (C=O) groups is 1. The number of hydrogen-bond donors (Lipinski definition) is 1. The van der Waals surface area contributed by atoms with Gasteiger partial charge in [-0.05, 0) is 42.0 Å². The van der Waals surface area contributed by atoms with Crippen molar-refractivity contribution in [1.82, 2.24) is 25.2 Å². The zero-order valence-electron chi connectivity index (χ0n) is 10.8. The maximum atomic E-state index is 11.0. The molecule has 1 N–H and O–H groups in total. The lowest BCUT2D eigenvalue weighted by Crippen LogP contribution is -2.24. The summed E-state index contributed by atoms with van der Waals surface area (Å²) >= 11 is 0. The van der Waals surface area contributed by atoms with Crippen molar-refractivity contribution in [2.45, 2.75) is 26.3 Å². The predicted molar refractivity (Wildman–Crippen MR) is 66.4 cm³/mol. The number of hydrogen-bond acceptors (Lipinski definition) is 5. The van der Waals surface area contributed by atoms with Crippen molar-refractivity contribution in [3.05, 3.63) is 35.9 Å². The Morgan fingerprint density at radius 2 is 2.05 bits per heavy atom. The molecule has 2 heterocycles. The van der Waals surface area contributed by atoms with Gasteiger partial charge in [-0.15, -0.1) is 5.10 Å². The highest BCUT2D eigenvalue weighted by Crippen LogP contribution is 2.18. The lowest BCUT2D eigenvalue weighted by molar-refractivity contribution is -0.142. The molecule has 0 radical (unpaired) electrons. The molecule has 2 aromatic heterocycles. The van der Waals surface area contributed by atoms with Crippen LogP contribution in [0, 0.1) is 5.92 Å². The SMILES string of the molecule is CC(C(=O)O)C(C)n1nnnc1Cc1ccncc1. The Labute approximate surface area is 110 Å². The topological polar surface area (TPSA) is 93.8 Å². The maximum Gasteiger partial charge on any atom is 0.308 e. The van der Waals surface area contributed by atoms with E-state index in [-0.39, 0.29) is 6.04 Å². The fraction of sp³-hybridized carbons (Fsp3) is 0.417. The molecule has 2 atom stereocenters. The summed E-state index contributed by atoms with van der Waals surface area (Å²) < 4.78 is 1.57. The van der Waals surface area contributed by atoms with Crippen LogP contribution in [-0.2, 0) is 11.2 Å². The van der Waals surface area contributed by atoms with Gasteiger partial charge in [-0.1, -0.05) is 0 Å². The Morgan fingerprint density at radius 1 is 1.37 bits per heavy atom. The van der Waals surface area contributed by atoms with Gasteiger partial charge in [-0.2, -0.15) is 0 Å². The molecule has 100 valence electrons.